The van der Waals surface area contributed by atoms with Crippen molar-refractivity contribution in [2.24, 2.45) is 4.99 Å². The van der Waals surface area contributed by atoms with Gasteiger partial charge in [-0.25, -0.2) is 4.99 Å². The SMILES string of the molecule is CCNC(=NCC(C)(O)c1ccc(C)o1)NCCOc1cccnc1. The lowest BCUT2D eigenvalue weighted by Gasteiger charge is -2.19. The summed E-state index contributed by atoms with van der Waals surface area (Å²) in [5.74, 6) is 2.60. The normalized spacial score (nSPS) is 14.0. The molecule has 136 valence electrons. The second-order valence-corrected chi connectivity index (χ2v) is 5.84. The van der Waals surface area contributed by atoms with Crippen molar-refractivity contribution in [1.29, 1.82) is 0 Å². The van der Waals surface area contributed by atoms with Gasteiger partial charge in [-0.05, 0) is 45.0 Å². The molecule has 0 fully saturated rings. The molecule has 2 aromatic rings. The molecule has 0 amide bonds. The molecule has 1 unspecified atom stereocenters. The third-order valence-corrected chi connectivity index (χ3v) is 3.46. The molecule has 0 saturated heterocycles. The number of aliphatic imine (C=N–C) groups is 1. The zero-order chi connectivity index (χ0) is 18.1. The molecular weight excluding hydrogens is 320 g/mol. The average Bonchev–Trinajstić information content (AvgIpc) is 3.05. The predicted molar refractivity (Wildman–Crippen MR) is 96.7 cm³/mol. The Morgan fingerprint density at radius 3 is 2.84 bits per heavy atom. The van der Waals surface area contributed by atoms with Crippen molar-refractivity contribution in [2.45, 2.75) is 26.4 Å². The van der Waals surface area contributed by atoms with E-state index in [2.05, 4.69) is 20.6 Å². The van der Waals surface area contributed by atoms with Gasteiger partial charge in [-0.2, -0.15) is 0 Å². The highest BCUT2D eigenvalue weighted by atomic mass is 16.5. The number of hydrogen-bond donors (Lipinski definition) is 3. The van der Waals surface area contributed by atoms with E-state index in [0.29, 0.717) is 24.9 Å². The summed E-state index contributed by atoms with van der Waals surface area (Å²) in [6.45, 7) is 7.46. The number of furan rings is 1. The number of ether oxygens (including phenoxy) is 1. The minimum atomic E-state index is -1.16. The molecule has 2 rings (SSSR count). The first kappa shape index (κ1) is 18.8. The van der Waals surface area contributed by atoms with Crippen LogP contribution >= 0.6 is 0 Å². The molecule has 0 aliphatic rings. The van der Waals surface area contributed by atoms with E-state index in [4.69, 9.17) is 9.15 Å². The lowest BCUT2D eigenvalue weighted by atomic mass is 10.0. The molecule has 0 radical (unpaired) electrons. The maximum atomic E-state index is 10.5. The Morgan fingerprint density at radius 2 is 2.20 bits per heavy atom. The molecule has 2 aromatic heterocycles. The van der Waals surface area contributed by atoms with Crippen LogP contribution < -0.4 is 15.4 Å². The van der Waals surface area contributed by atoms with Crippen molar-refractivity contribution in [2.75, 3.05) is 26.2 Å². The van der Waals surface area contributed by atoms with E-state index in [1.807, 2.05) is 32.0 Å². The van der Waals surface area contributed by atoms with Gasteiger partial charge in [0.25, 0.3) is 0 Å². The molecule has 0 saturated carbocycles. The number of aryl methyl sites for hydroxylation is 1. The highest BCUT2D eigenvalue weighted by Crippen LogP contribution is 2.22. The van der Waals surface area contributed by atoms with Gasteiger partial charge in [0.05, 0.1) is 19.3 Å². The monoisotopic (exact) mass is 346 g/mol. The van der Waals surface area contributed by atoms with E-state index in [0.717, 1.165) is 18.1 Å². The quantitative estimate of drug-likeness (QED) is 0.384. The third kappa shape index (κ3) is 6.11. The van der Waals surface area contributed by atoms with Gasteiger partial charge >= 0.3 is 0 Å². The van der Waals surface area contributed by atoms with Crippen molar-refractivity contribution in [1.82, 2.24) is 15.6 Å². The van der Waals surface area contributed by atoms with Crippen LogP contribution in [0.1, 0.15) is 25.4 Å². The number of pyridine rings is 1. The van der Waals surface area contributed by atoms with Gasteiger partial charge in [-0.15, -0.1) is 0 Å². The third-order valence-electron chi connectivity index (χ3n) is 3.46. The summed E-state index contributed by atoms with van der Waals surface area (Å²) < 4.78 is 11.1. The van der Waals surface area contributed by atoms with Gasteiger partial charge in [-0.3, -0.25) is 4.98 Å². The highest BCUT2D eigenvalue weighted by Gasteiger charge is 2.26. The van der Waals surface area contributed by atoms with E-state index in [1.165, 1.54) is 0 Å². The smallest absolute Gasteiger partial charge is 0.191 e. The molecule has 25 heavy (non-hydrogen) atoms. The summed E-state index contributed by atoms with van der Waals surface area (Å²) in [4.78, 5) is 8.43. The molecule has 3 N–H and O–H groups in total. The van der Waals surface area contributed by atoms with Gasteiger partial charge in [0.15, 0.2) is 5.96 Å². The predicted octanol–water partition coefficient (Wildman–Crippen LogP) is 1.82. The van der Waals surface area contributed by atoms with E-state index >= 15 is 0 Å². The molecule has 2 heterocycles. The van der Waals surface area contributed by atoms with Crippen LogP contribution in [0, 0.1) is 6.92 Å². The topological polar surface area (TPSA) is 91.9 Å². The fraction of sp³-hybridized carbons (Fsp3) is 0.444. The number of nitrogens with one attached hydrogen (secondary N) is 2. The van der Waals surface area contributed by atoms with E-state index in [-0.39, 0.29) is 6.54 Å². The van der Waals surface area contributed by atoms with Gasteiger partial charge < -0.3 is 24.9 Å². The zero-order valence-corrected chi connectivity index (χ0v) is 15.0. The van der Waals surface area contributed by atoms with Crippen LogP contribution in [-0.2, 0) is 5.60 Å². The summed E-state index contributed by atoms with van der Waals surface area (Å²) in [5, 5.41) is 16.9. The number of hydrogen-bond acceptors (Lipinski definition) is 5. The Morgan fingerprint density at radius 1 is 1.36 bits per heavy atom. The first-order valence-electron chi connectivity index (χ1n) is 8.35. The summed E-state index contributed by atoms with van der Waals surface area (Å²) in [6, 6.07) is 7.28. The lowest BCUT2D eigenvalue weighted by molar-refractivity contribution is 0.0428. The number of aliphatic hydroxyl groups is 1. The molecule has 0 aliphatic carbocycles. The average molecular weight is 346 g/mol. The second-order valence-electron chi connectivity index (χ2n) is 5.84. The molecule has 0 aliphatic heterocycles. The Balaban J connectivity index is 1.85. The number of aromatic nitrogens is 1. The van der Waals surface area contributed by atoms with Gasteiger partial charge in [-0.1, -0.05) is 0 Å². The molecule has 1 atom stereocenters. The zero-order valence-electron chi connectivity index (χ0n) is 15.0. The molecule has 7 nitrogen and oxygen atoms in total. The molecule has 0 spiro atoms. The minimum absolute atomic E-state index is 0.179. The summed E-state index contributed by atoms with van der Waals surface area (Å²) in [5.41, 5.74) is -1.16. The van der Waals surface area contributed by atoms with Crippen LogP contribution in [0.5, 0.6) is 5.75 Å². The standard InChI is InChI=1S/C18H26N4O3/c1-4-20-17(21-10-11-24-15-6-5-9-19-12-15)22-13-18(3,23)16-8-7-14(2)25-16/h5-9,12,23H,4,10-11,13H2,1-3H3,(H2,20,21,22). The largest absolute Gasteiger partial charge is 0.490 e. The van der Waals surface area contributed by atoms with Crippen molar-refractivity contribution < 1.29 is 14.3 Å². The fourth-order valence-electron chi connectivity index (χ4n) is 2.15. The van der Waals surface area contributed by atoms with Crippen molar-refractivity contribution >= 4 is 5.96 Å². The van der Waals surface area contributed by atoms with Crippen LogP contribution in [-0.4, -0.2) is 42.3 Å². The van der Waals surface area contributed by atoms with Crippen LogP contribution in [0.15, 0.2) is 46.1 Å². The number of nitrogens with zero attached hydrogens (tertiary/aromatic N) is 2. The van der Waals surface area contributed by atoms with Gasteiger partial charge in [0, 0.05) is 12.7 Å². The fourth-order valence-corrected chi connectivity index (χ4v) is 2.15. The maximum absolute atomic E-state index is 10.5. The Kier molecular flexibility index (Phi) is 6.82. The number of rotatable bonds is 8. The molecule has 7 heteroatoms. The van der Waals surface area contributed by atoms with Crippen LogP contribution in [0.3, 0.4) is 0 Å². The van der Waals surface area contributed by atoms with E-state index in [1.54, 1.807) is 25.4 Å². The van der Waals surface area contributed by atoms with Gasteiger partial charge in [0.1, 0.15) is 29.5 Å². The molecule has 0 bridgehead atoms. The second kappa shape index (κ2) is 9.08. The van der Waals surface area contributed by atoms with Crippen LogP contribution in [0.2, 0.25) is 0 Å². The lowest BCUT2D eigenvalue weighted by Crippen LogP contribution is -2.40. The van der Waals surface area contributed by atoms with Crippen molar-refractivity contribution in [3.05, 3.63) is 48.2 Å². The van der Waals surface area contributed by atoms with E-state index in [9.17, 15) is 5.11 Å². The van der Waals surface area contributed by atoms with Crippen LogP contribution in [0.4, 0.5) is 0 Å². The number of guanidine groups is 1. The summed E-state index contributed by atoms with van der Waals surface area (Å²) in [6.07, 6.45) is 3.37. The Bertz CT molecular complexity index is 668. The first-order chi connectivity index (χ1) is 12.0. The van der Waals surface area contributed by atoms with Crippen LogP contribution in [0.25, 0.3) is 0 Å². The van der Waals surface area contributed by atoms with Crippen molar-refractivity contribution in [3.63, 3.8) is 0 Å². The summed E-state index contributed by atoms with van der Waals surface area (Å²) >= 11 is 0. The van der Waals surface area contributed by atoms with Gasteiger partial charge in [0.2, 0.25) is 0 Å². The molecule has 0 aromatic carbocycles. The Labute approximate surface area is 148 Å². The Hall–Kier alpha value is -2.54. The molecular formula is C18H26N4O3. The first-order valence-corrected chi connectivity index (χ1v) is 8.35. The summed E-state index contributed by atoms with van der Waals surface area (Å²) in [7, 11) is 0. The maximum Gasteiger partial charge on any atom is 0.191 e. The van der Waals surface area contributed by atoms with E-state index < -0.39 is 5.60 Å². The minimum Gasteiger partial charge on any atom is -0.490 e. The van der Waals surface area contributed by atoms with Crippen molar-refractivity contribution in [3.8, 4) is 5.75 Å². The highest BCUT2D eigenvalue weighted by molar-refractivity contribution is 5.79.